The first-order chi connectivity index (χ1) is 10.2. The topological polar surface area (TPSA) is 51.2 Å². The van der Waals surface area contributed by atoms with E-state index in [4.69, 9.17) is 0 Å². The Morgan fingerprint density at radius 3 is 3.10 bits per heavy atom. The first-order valence-electron chi connectivity index (χ1n) is 6.77. The molecule has 108 valence electrons. The van der Waals surface area contributed by atoms with Crippen LogP contribution in [0.1, 0.15) is 34.1 Å². The number of ether oxygens (including phenoxy) is 1. The first-order valence-corrected chi connectivity index (χ1v) is 6.77. The lowest BCUT2D eigenvalue weighted by atomic mass is 10.1. The van der Waals surface area contributed by atoms with E-state index in [0.717, 1.165) is 18.5 Å². The molecule has 4 nitrogen and oxygen atoms in total. The molecule has 1 aliphatic carbocycles. The van der Waals surface area contributed by atoms with E-state index in [9.17, 15) is 9.18 Å². The number of pyridine rings is 1. The van der Waals surface area contributed by atoms with Crippen molar-refractivity contribution in [2.24, 2.45) is 0 Å². The quantitative estimate of drug-likeness (QED) is 0.881. The number of methoxy groups -OCH3 is 1. The predicted molar refractivity (Wildman–Crippen MR) is 76.7 cm³/mol. The third kappa shape index (κ3) is 2.59. The first kappa shape index (κ1) is 13.5. The van der Waals surface area contributed by atoms with E-state index in [1.165, 1.54) is 30.9 Å². The molecule has 0 radical (unpaired) electrons. The van der Waals surface area contributed by atoms with Crippen LogP contribution in [0.15, 0.2) is 36.5 Å². The summed E-state index contributed by atoms with van der Waals surface area (Å²) in [5.74, 6) is -0.880. The van der Waals surface area contributed by atoms with Crippen molar-refractivity contribution in [3.05, 3.63) is 59.2 Å². The molecule has 1 heterocycles. The molecule has 0 spiro atoms. The summed E-state index contributed by atoms with van der Waals surface area (Å²) in [6.45, 7) is 0. The molecule has 0 aliphatic heterocycles. The summed E-state index contributed by atoms with van der Waals surface area (Å²) in [5.41, 5.74) is 2.74. The third-order valence-electron chi connectivity index (χ3n) is 3.68. The third-order valence-corrected chi connectivity index (χ3v) is 3.68. The summed E-state index contributed by atoms with van der Waals surface area (Å²) in [7, 11) is 1.30. The summed E-state index contributed by atoms with van der Waals surface area (Å²) in [6, 6.07) is 8.05. The van der Waals surface area contributed by atoms with Crippen LogP contribution < -0.4 is 5.32 Å². The van der Waals surface area contributed by atoms with Gasteiger partial charge >= 0.3 is 5.97 Å². The molecule has 1 aromatic carbocycles. The zero-order valence-electron chi connectivity index (χ0n) is 11.6. The monoisotopic (exact) mass is 286 g/mol. The summed E-state index contributed by atoms with van der Waals surface area (Å²) >= 11 is 0. The van der Waals surface area contributed by atoms with E-state index in [2.05, 4.69) is 15.0 Å². The average molecular weight is 286 g/mol. The summed E-state index contributed by atoms with van der Waals surface area (Å²) in [6.07, 6.45) is 3.51. The van der Waals surface area contributed by atoms with Gasteiger partial charge in [-0.15, -0.1) is 0 Å². The maximum absolute atomic E-state index is 13.9. The van der Waals surface area contributed by atoms with Crippen molar-refractivity contribution in [3.8, 4) is 0 Å². The van der Waals surface area contributed by atoms with Gasteiger partial charge in [0, 0.05) is 6.20 Å². The zero-order chi connectivity index (χ0) is 14.8. The minimum absolute atomic E-state index is 0.0383. The fraction of sp³-hybridized carbons (Fsp3) is 0.250. The van der Waals surface area contributed by atoms with Gasteiger partial charge in [0.25, 0.3) is 0 Å². The molecule has 1 N–H and O–H groups in total. The minimum atomic E-state index is -0.483. The molecule has 0 saturated heterocycles. The fourth-order valence-electron chi connectivity index (χ4n) is 2.62. The number of carbonyl (C=O) groups excluding carboxylic acids is 1. The fourth-order valence-corrected chi connectivity index (χ4v) is 2.62. The SMILES string of the molecule is COC(=O)c1ccc(F)c(NC2CCc3cccnc32)c1. The van der Waals surface area contributed by atoms with Crippen molar-refractivity contribution in [3.63, 3.8) is 0 Å². The molecule has 1 unspecified atom stereocenters. The van der Waals surface area contributed by atoms with Crippen LogP contribution in [0, 0.1) is 5.82 Å². The number of aryl methyl sites for hydroxylation is 1. The summed E-state index contributed by atoms with van der Waals surface area (Å²) in [4.78, 5) is 15.9. The van der Waals surface area contributed by atoms with Gasteiger partial charge in [-0.1, -0.05) is 6.07 Å². The Morgan fingerprint density at radius 1 is 1.43 bits per heavy atom. The van der Waals surface area contributed by atoms with Crippen LogP contribution in [0.4, 0.5) is 10.1 Å². The van der Waals surface area contributed by atoms with Crippen molar-refractivity contribution >= 4 is 11.7 Å². The normalized spacial score (nSPS) is 16.4. The van der Waals surface area contributed by atoms with Gasteiger partial charge in [-0.3, -0.25) is 4.98 Å². The van der Waals surface area contributed by atoms with E-state index in [-0.39, 0.29) is 6.04 Å². The number of aromatic nitrogens is 1. The number of carbonyl (C=O) groups is 1. The van der Waals surface area contributed by atoms with E-state index in [0.29, 0.717) is 11.3 Å². The number of benzene rings is 1. The largest absolute Gasteiger partial charge is 0.465 e. The Morgan fingerprint density at radius 2 is 2.29 bits per heavy atom. The van der Waals surface area contributed by atoms with Gasteiger partial charge in [-0.25, -0.2) is 9.18 Å². The van der Waals surface area contributed by atoms with Crippen molar-refractivity contribution in [2.75, 3.05) is 12.4 Å². The van der Waals surface area contributed by atoms with Crippen LogP contribution >= 0.6 is 0 Å². The lowest BCUT2D eigenvalue weighted by molar-refractivity contribution is 0.0600. The van der Waals surface area contributed by atoms with E-state index >= 15 is 0 Å². The highest BCUT2D eigenvalue weighted by Gasteiger charge is 2.24. The Bertz CT molecular complexity index is 688. The summed E-state index contributed by atoms with van der Waals surface area (Å²) < 4.78 is 18.6. The van der Waals surface area contributed by atoms with Gasteiger partial charge in [-0.2, -0.15) is 0 Å². The second-order valence-electron chi connectivity index (χ2n) is 4.97. The molecule has 3 rings (SSSR count). The second kappa shape index (κ2) is 5.52. The maximum atomic E-state index is 13.9. The van der Waals surface area contributed by atoms with Gasteiger partial charge in [0.2, 0.25) is 0 Å². The molecular formula is C16H15FN2O2. The van der Waals surface area contributed by atoms with Gasteiger partial charge in [0.05, 0.1) is 30.1 Å². The zero-order valence-corrected chi connectivity index (χ0v) is 11.6. The predicted octanol–water partition coefficient (Wildman–Crippen LogP) is 3.11. The molecule has 5 heteroatoms. The number of anilines is 1. The maximum Gasteiger partial charge on any atom is 0.337 e. The lowest BCUT2D eigenvalue weighted by Gasteiger charge is -2.15. The minimum Gasteiger partial charge on any atom is -0.465 e. The molecule has 0 bridgehead atoms. The average Bonchev–Trinajstić information content (AvgIpc) is 2.92. The van der Waals surface area contributed by atoms with E-state index < -0.39 is 11.8 Å². The standard InChI is InChI=1S/C16H15FN2O2/c1-21-16(20)11-4-6-12(17)14(9-11)19-13-7-5-10-3-2-8-18-15(10)13/h2-4,6,8-9,13,19H,5,7H2,1H3. The van der Waals surface area contributed by atoms with Crippen molar-refractivity contribution in [1.82, 2.24) is 4.98 Å². The number of fused-ring (bicyclic) bond motifs is 1. The molecule has 2 aromatic rings. The van der Waals surface area contributed by atoms with Gasteiger partial charge in [0.1, 0.15) is 5.82 Å². The highest BCUT2D eigenvalue weighted by Crippen LogP contribution is 2.33. The van der Waals surface area contributed by atoms with Crippen molar-refractivity contribution in [1.29, 1.82) is 0 Å². The number of rotatable bonds is 3. The number of hydrogen-bond donors (Lipinski definition) is 1. The van der Waals surface area contributed by atoms with E-state index in [1.54, 1.807) is 6.20 Å². The van der Waals surface area contributed by atoms with E-state index in [1.807, 2.05) is 12.1 Å². The number of nitrogens with zero attached hydrogens (tertiary/aromatic N) is 1. The van der Waals surface area contributed by atoms with Gasteiger partial charge in [-0.05, 0) is 42.7 Å². The molecule has 1 aliphatic rings. The molecule has 1 aromatic heterocycles. The van der Waals surface area contributed by atoms with Crippen molar-refractivity contribution in [2.45, 2.75) is 18.9 Å². The number of nitrogens with one attached hydrogen (secondary N) is 1. The Hall–Kier alpha value is -2.43. The Balaban J connectivity index is 1.87. The molecule has 0 saturated carbocycles. The van der Waals surface area contributed by atoms with Gasteiger partial charge < -0.3 is 10.1 Å². The molecule has 0 fully saturated rings. The Kier molecular flexibility index (Phi) is 3.56. The number of halogens is 1. The number of esters is 1. The molecule has 21 heavy (non-hydrogen) atoms. The second-order valence-corrected chi connectivity index (χ2v) is 4.97. The van der Waals surface area contributed by atoms with Crippen LogP contribution in [0.3, 0.4) is 0 Å². The number of hydrogen-bond acceptors (Lipinski definition) is 4. The van der Waals surface area contributed by atoms with Crippen LogP contribution in [0.2, 0.25) is 0 Å². The molecular weight excluding hydrogens is 271 g/mol. The molecule has 0 amide bonds. The Labute approximate surface area is 122 Å². The smallest absolute Gasteiger partial charge is 0.337 e. The molecule has 1 atom stereocenters. The van der Waals surface area contributed by atoms with Crippen molar-refractivity contribution < 1.29 is 13.9 Å². The van der Waals surface area contributed by atoms with Crippen LogP contribution in [0.25, 0.3) is 0 Å². The van der Waals surface area contributed by atoms with Crippen LogP contribution in [-0.4, -0.2) is 18.1 Å². The van der Waals surface area contributed by atoms with Crippen LogP contribution in [0.5, 0.6) is 0 Å². The van der Waals surface area contributed by atoms with Gasteiger partial charge in [0.15, 0.2) is 0 Å². The highest BCUT2D eigenvalue weighted by molar-refractivity contribution is 5.90. The van der Waals surface area contributed by atoms with Crippen LogP contribution in [-0.2, 0) is 11.2 Å². The lowest BCUT2D eigenvalue weighted by Crippen LogP contribution is -2.11. The highest BCUT2D eigenvalue weighted by atomic mass is 19.1. The summed E-state index contributed by atoms with van der Waals surface area (Å²) in [5, 5.41) is 3.14.